The van der Waals surface area contributed by atoms with E-state index in [1.54, 1.807) is 13.4 Å². The first kappa shape index (κ1) is 21.9. The predicted molar refractivity (Wildman–Crippen MR) is 131 cm³/mol. The van der Waals surface area contributed by atoms with Crippen LogP contribution in [0.3, 0.4) is 0 Å². The maximum atomic E-state index is 6.31. The van der Waals surface area contributed by atoms with Gasteiger partial charge >= 0.3 is 0 Å². The van der Waals surface area contributed by atoms with Crippen LogP contribution in [0.5, 0.6) is 5.75 Å². The Labute approximate surface area is 201 Å². The quantitative estimate of drug-likeness (QED) is 0.453. The molecule has 1 aliphatic heterocycles. The highest BCUT2D eigenvalue weighted by molar-refractivity contribution is 14.1. The molecule has 3 heterocycles. The van der Waals surface area contributed by atoms with Gasteiger partial charge in [-0.05, 0) is 67.1 Å². The van der Waals surface area contributed by atoms with Crippen LogP contribution in [0.25, 0.3) is 11.0 Å². The van der Waals surface area contributed by atoms with Gasteiger partial charge in [0.05, 0.1) is 24.6 Å². The molecule has 0 radical (unpaired) electrons. The summed E-state index contributed by atoms with van der Waals surface area (Å²) in [5, 5.41) is 4.50. The van der Waals surface area contributed by atoms with Gasteiger partial charge in [0.1, 0.15) is 29.6 Å². The summed E-state index contributed by atoms with van der Waals surface area (Å²) in [5.41, 5.74) is 8.13. The Hall–Kier alpha value is -1.95. The third-order valence-corrected chi connectivity index (χ3v) is 7.21. The van der Waals surface area contributed by atoms with Crippen molar-refractivity contribution in [2.45, 2.75) is 50.8 Å². The van der Waals surface area contributed by atoms with E-state index in [2.05, 4.69) is 48.6 Å². The first-order chi connectivity index (χ1) is 15.4. The number of halogens is 1. The molecule has 4 atom stereocenters. The van der Waals surface area contributed by atoms with Crippen molar-refractivity contribution in [3.63, 3.8) is 0 Å². The molecule has 3 N–H and O–H groups in total. The number of hydrogen-bond acceptors (Lipinski definition) is 7. The molecule has 2 fully saturated rings. The molecule has 2 aliphatic rings. The van der Waals surface area contributed by atoms with Crippen LogP contribution < -0.4 is 15.8 Å². The third kappa shape index (κ3) is 3.85. The molecular formula is C23H28IN5O3. The fraction of sp³-hybridized carbons (Fsp3) is 0.478. The average molecular weight is 549 g/mol. The van der Waals surface area contributed by atoms with E-state index in [1.165, 1.54) is 0 Å². The molecule has 1 saturated heterocycles. The van der Waals surface area contributed by atoms with Crippen LogP contribution in [0.1, 0.15) is 31.9 Å². The van der Waals surface area contributed by atoms with Crippen LogP contribution in [-0.2, 0) is 16.0 Å². The minimum absolute atomic E-state index is 0.00427. The molecule has 9 heteroatoms. The Morgan fingerprint density at radius 3 is 2.69 bits per heavy atom. The van der Waals surface area contributed by atoms with Crippen molar-refractivity contribution in [2.24, 2.45) is 11.7 Å². The smallest absolute Gasteiger partial charge is 0.163 e. The predicted octanol–water partition coefficient (Wildman–Crippen LogP) is 3.70. The Bertz CT molecular complexity index is 1120. The van der Waals surface area contributed by atoms with Gasteiger partial charge in [-0.25, -0.2) is 9.97 Å². The number of hydrogen-bond donors (Lipinski definition) is 2. The molecule has 2 aromatic heterocycles. The molecule has 8 nitrogen and oxygen atoms in total. The molecule has 0 amide bonds. The minimum atomic E-state index is -0.600. The molecule has 0 spiro atoms. The Morgan fingerprint density at radius 1 is 1.22 bits per heavy atom. The average Bonchev–Trinajstić information content (AvgIpc) is 3.40. The molecular weight excluding hydrogens is 521 g/mol. The Balaban J connectivity index is 1.44. The van der Waals surface area contributed by atoms with Crippen molar-refractivity contribution in [2.75, 3.05) is 19.0 Å². The topological polar surface area (TPSA) is 96.5 Å². The molecule has 0 bridgehead atoms. The van der Waals surface area contributed by atoms with E-state index in [4.69, 9.17) is 19.9 Å². The molecule has 5 rings (SSSR count). The second-order valence-corrected chi connectivity index (χ2v) is 10.0. The molecule has 1 saturated carbocycles. The van der Waals surface area contributed by atoms with Crippen LogP contribution in [0.2, 0.25) is 0 Å². The summed E-state index contributed by atoms with van der Waals surface area (Å²) in [4.78, 5) is 9.19. The SMILES string of the molecule is COc1ccc(CNc2ncnc3c2c(I)cn3[C@@H]2C[C@H](CN)[C@H]3OC(C)(C)O[C@H]32)cc1. The van der Waals surface area contributed by atoms with E-state index in [0.717, 1.165) is 38.2 Å². The number of nitrogens with two attached hydrogens (primary N) is 1. The van der Waals surface area contributed by atoms with Crippen molar-refractivity contribution in [3.05, 3.63) is 45.9 Å². The summed E-state index contributed by atoms with van der Waals surface area (Å²) >= 11 is 2.36. The molecule has 170 valence electrons. The highest BCUT2D eigenvalue weighted by Gasteiger charge is 2.54. The lowest BCUT2D eigenvalue weighted by Crippen LogP contribution is -2.29. The van der Waals surface area contributed by atoms with E-state index in [1.807, 2.05) is 38.1 Å². The van der Waals surface area contributed by atoms with Crippen molar-refractivity contribution >= 4 is 39.4 Å². The number of aromatic nitrogens is 3. The van der Waals surface area contributed by atoms with E-state index < -0.39 is 5.79 Å². The summed E-state index contributed by atoms with van der Waals surface area (Å²) in [6, 6.07) is 8.13. The fourth-order valence-electron chi connectivity index (χ4n) is 4.92. The van der Waals surface area contributed by atoms with Gasteiger partial charge < -0.3 is 29.8 Å². The summed E-state index contributed by atoms with van der Waals surface area (Å²) < 4.78 is 21.1. The summed E-state index contributed by atoms with van der Waals surface area (Å²) in [6.45, 7) is 5.18. The van der Waals surface area contributed by atoms with Crippen LogP contribution in [0.15, 0.2) is 36.8 Å². The largest absolute Gasteiger partial charge is 0.497 e. The number of fused-ring (bicyclic) bond motifs is 2. The maximum Gasteiger partial charge on any atom is 0.163 e. The molecule has 1 aliphatic carbocycles. The van der Waals surface area contributed by atoms with Crippen molar-refractivity contribution in [1.29, 1.82) is 0 Å². The van der Waals surface area contributed by atoms with Gasteiger partial charge in [0.2, 0.25) is 0 Å². The monoisotopic (exact) mass is 549 g/mol. The van der Waals surface area contributed by atoms with Crippen LogP contribution in [0, 0.1) is 9.49 Å². The standard InChI is InChI=1S/C23H28IN5O3/c1-23(2)31-19-14(9-25)8-17(20(19)32-23)29-11-16(24)18-21(27-12-28-22(18)29)26-10-13-4-6-15(30-3)7-5-13/h4-7,11-12,14,17,19-20H,8-10,25H2,1-3H3,(H,26,27,28)/t14-,17-,19-,20+/m1/s1. The lowest BCUT2D eigenvalue weighted by Gasteiger charge is -2.24. The van der Waals surface area contributed by atoms with Gasteiger partial charge in [0, 0.05) is 22.2 Å². The zero-order valence-electron chi connectivity index (χ0n) is 18.4. The Morgan fingerprint density at radius 2 is 1.97 bits per heavy atom. The highest BCUT2D eigenvalue weighted by atomic mass is 127. The van der Waals surface area contributed by atoms with Gasteiger partial charge in [-0.1, -0.05) is 12.1 Å². The highest BCUT2D eigenvalue weighted by Crippen LogP contribution is 2.48. The first-order valence-corrected chi connectivity index (χ1v) is 11.9. The van der Waals surface area contributed by atoms with Gasteiger partial charge in [-0.15, -0.1) is 0 Å². The summed E-state index contributed by atoms with van der Waals surface area (Å²) in [7, 11) is 1.67. The zero-order chi connectivity index (χ0) is 22.5. The number of benzene rings is 1. The van der Waals surface area contributed by atoms with Gasteiger partial charge in [-0.2, -0.15) is 0 Å². The van der Waals surface area contributed by atoms with Gasteiger partial charge in [0.25, 0.3) is 0 Å². The van der Waals surface area contributed by atoms with Crippen LogP contribution >= 0.6 is 22.6 Å². The molecule has 1 aromatic carbocycles. The maximum absolute atomic E-state index is 6.31. The van der Waals surface area contributed by atoms with Crippen LogP contribution in [0.4, 0.5) is 5.82 Å². The second-order valence-electron chi connectivity index (χ2n) is 8.87. The van der Waals surface area contributed by atoms with E-state index in [9.17, 15) is 0 Å². The normalized spacial score (nSPS) is 26.4. The van der Waals surface area contributed by atoms with E-state index >= 15 is 0 Å². The van der Waals surface area contributed by atoms with Gasteiger partial charge in [0.15, 0.2) is 5.79 Å². The van der Waals surface area contributed by atoms with E-state index in [0.29, 0.717) is 13.1 Å². The number of anilines is 1. The second kappa shape index (κ2) is 8.44. The zero-order valence-corrected chi connectivity index (χ0v) is 20.6. The summed E-state index contributed by atoms with van der Waals surface area (Å²) in [6.07, 6.45) is 4.63. The van der Waals surface area contributed by atoms with Crippen LogP contribution in [-0.4, -0.2) is 46.2 Å². The van der Waals surface area contributed by atoms with Crippen molar-refractivity contribution < 1.29 is 14.2 Å². The number of methoxy groups -OCH3 is 1. The lowest BCUT2D eigenvalue weighted by atomic mass is 10.1. The third-order valence-electron chi connectivity index (χ3n) is 6.39. The van der Waals surface area contributed by atoms with Crippen molar-refractivity contribution in [3.8, 4) is 5.75 Å². The van der Waals surface area contributed by atoms with Crippen molar-refractivity contribution in [1.82, 2.24) is 14.5 Å². The van der Waals surface area contributed by atoms with E-state index in [-0.39, 0.29) is 24.2 Å². The minimum Gasteiger partial charge on any atom is -0.497 e. The first-order valence-electron chi connectivity index (χ1n) is 10.8. The molecule has 3 aromatic rings. The fourth-order valence-corrected chi connectivity index (χ4v) is 5.71. The number of nitrogens with zero attached hydrogens (tertiary/aromatic N) is 3. The number of ether oxygens (including phenoxy) is 3. The molecule has 0 unspecified atom stereocenters. The van der Waals surface area contributed by atoms with Gasteiger partial charge in [-0.3, -0.25) is 0 Å². The number of nitrogens with one attached hydrogen (secondary N) is 1. The Kier molecular flexibility index (Phi) is 5.77. The lowest BCUT2D eigenvalue weighted by molar-refractivity contribution is -0.159. The number of rotatable bonds is 6. The molecule has 32 heavy (non-hydrogen) atoms. The summed E-state index contributed by atoms with van der Waals surface area (Å²) in [5.74, 6) is 1.33.